The molecule has 1 aromatic rings. The van der Waals surface area contributed by atoms with E-state index in [4.69, 9.17) is 16.2 Å². The van der Waals surface area contributed by atoms with E-state index in [0.717, 1.165) is 24.2 Å². The minimum Gasteiger partial charge on any atom is -0.494 e. The van der Waals surface area contributed by atoms with Crippen LogP contribution in [0.1, 0.15) is 45.2 Å². The van der Waals surface area contributed by atoms with Crippen LogP contribution in [0, 0.1) is 0 Å². The van der Waals surface area contributed by atoms with Crippen LogP contribution in [0.5, 0.6) is 5.75 Å². The van der Waals surface area contributed by atoms with Gasteiger partial charge in [-0.2, -0.15) is 0 Å². The summed E-state index contributed by atoms with van der Waals surface area (Å²) in [5.74, 6) is 0.891. The molecule has 3 heteroatoms. The molecule has 0 heterocycles. The monoisotopic (exact) mass is 236 g/mol. The quantitative estimate of drug-likeness (QED) is 0.798. The number of ether oxygens (including phenoxy) is 1. The molecule has 96 valence electrons. The third-order valence-corrected chi connectivity index (χ3v) is 2.72. The Bertz CT molecular complexity index is 327. The summed E-state index contributed by atoms with van der Waals surface area (Å²) in [6.07, 6.45) is 1.82. The van der Waals surface area contributed by atoms with Crippen LogP contribution in [0.25, 0.3) is 0 Å². The van der Waals surface area contributed by atoms with Crippen molar-refractivity contribution in [1.29, 1.82) is 0 Å². The first-order valence-corrected chi connectivity index (χ1v) is 6.19. The summed E-state index contributed by atoms with van der Waals surface area (Å²) in [6.45, 7) is 6.71. The third kappa shape index (κ3) is 5.20. The Hall–Kier alpha value is -1.06. The number of hydrogen-bond donors (Lipinski definition) is 2. The maximum absolute atomic E-state index is 6.13. The van der Waals surface area contributed by atoms with Crippen LogP contribution in [0.3, 0.4) is 0 Å². The van der Waals surface area contributed by atoms with Gasteiger partial charge in [0.15, 0.2) is 0 Å². The van der Waals surface area contributed by atoms with Gasteiger partial charge >= 0.3 is 0 Å². The molecule has 4 N–H and O–H groups in total. The summed E-state index contributed by atoms with van der Waals surface area (Å²) in [5.41, 5.74) is 13.1. The highest BCUT2D eigenvalue weighted by Gasteiger charge is 2.14. The molecule has 0 saturated carbocycles. The highest BCUT2D eigenvalue weighted by molar-refractivity contribution is 5.29. The van der Waals surface area contributed by atoms with Gasteiger partial charge in [-0.1, -0.05) is 12.1 Å². The van der Waals surface area contributed by atoms with Gasteiger partial charge in [-0.3, -0.25) is 0 Å². The van der Waals surface area contributed by atoms with Crippen molar-refractivity contribution in [2.24, 2.45) is 11.5 Å². The fraction of sp³-hybridized carbons (Fsp3) is 0.571. The van der Waals surface area contributed by atoms with E-state index in [2.05, 4.69) is 0 Å². The molecule has 0 aliphatic heterocycles. The van der Waals surface area contributed by atoms with E-state index >= 15 is 0 Å². The zero-order valence-corrected chi connectivity index (χ0v) is 11.1. The van der Waals surface area contributed by atoms with E-state index in [9.17, 15) is 0 Å². The van der Waals surface area contributed by atoms with Gasteiger partial charge in [-0.05, 0) is 51.3 Å². The Labute approximate surface area is 104 Å². The molecule has 0 aromatic heterocycles. The average Bonchev–Trinajstić information content (AvgIpc) is 2.26. The van der Waals surface area contributed by atoms with Gasteiger partial charge in [0.25, 0.3) is 0 Å². The van der Waals surface area contributed by atoms with Crippen molar-refractivity contribution in [1.82, 2.24) is 0 Å². The predicted molar refractivity (Wildman–Crippen MR) is 72.0 cm³/mol. The number of benzene rings is 1. The van der Waals surface area contributed by atoms with Gasteiger partial charge in [0.2, 0.25) is 0 Å². The van der Waals surface area contributed by atoms with Gasteiger partial charge in [-0.25, -0.2) is 0 Å². The molecule has 0 spiro atoms. The minimum absolute atomic E-state index is 0.0495. The second-order valence-corrected chi connectivity index (χ2v) is 5.14. The van der Waals surface area contributed by atoms with Crippen LogP contribution in [-0.2, 0) is 0 Å². The Morgan fingerprint density at radius 2 is 1.82 bits per heavy atom. The highest BCUT2D eigenvalue weighted by Crippen LogP contribution is 2.21. The van der Waals surface area contributed by atoms with Crippen LogP contribution in [-0.4, -0.2) is 12.1 Å². The third-order valence-electron chi connectivity index (χ3n) is 2.72. The zero-order chi connectivity index (χ0) is 12.9. The van der Waals surface area contributed by atoms with Crippen molar-refractivity contribution in [2.45, 2.75) is 45.2 Å². The van der Waals surface area contributed by atoms with Crippen molar-refractivity contribution in [3.8, 4) is 5.75 Å². The molecule has 0 radical (unpaired) electrons. The Morgan fingerprint density at radius 3 is 2.29 bits per heavy atom. The van der Waals surface area contributed by atoms with Crippen LogP contribution >= 0.6 is 0 Å². The van der Waals surface area contributed by atoms with E-state index in [1.54, 1.807) is 0 Å². The molecular weight excluding hydrogens is 212 g/mol. The summed E-state index contributed by atoms with van der Waals surface area (Å²) >= 11 is 0. The fourth-order valence-corrected chi connectivity index (χ4v) is 1.67. The largest absolute Gasteiger partial charge is 0.494 e. The molecule has 1 aromatic carbocycles. The van der Waals surface area contributed by atoms with Crippen LogP contribution < -0.4 is 16.2 Å². The van der Waals surface area contributed by atoms with Crippen LogP contribution in [0.4, 0.5) is 0 Å². The second-order valence-electron chi connectivity index (χ2n) is 5.14. The van der Waals surface area contributed by atoms with E-state index in [0.29, 0.717) is 6.61 Å². The summed E-state index contributed by atoms with van der Waals surface area (Å²) in [6, 6.07) is 8.03. The molecule has 0 amide bonds. The molecule has 1 atom stereocenters. The second kappa shape index (κ2) is 6.03. The molecular formula is C14H24N2O. The Kier molecular flexibility index (Phi) is 4.97. The van der Waals surface area contributed by atoms with Crippen molar-refractivity contribution in [3.63, 3.8) is 0 Å². The van der Waals surface area contributed by atoms with Crippen LogP contribution in [0.2, 0.25) is 0 Å². The maximum atomic E-state index is 6.13. The van der Waals surface area contributed by atoms with Gasteiger partial charge in [-0.15, -0.1) is 0 Å². The van der Waals surface area contributed by atoms with Crippen molar-refractivity contribution >= 4 is 0 Å². The molecule has 1 rings (SSSR count). The van der Waals surface area contributed by atoms with E-state index < -0.39 is 0 Å². The number of rotatable bonds is 6. The van der Waals surface area contributed by atoms with E-state index in [-0.39, 0.29) is 11.6 Å². The van der Waals surface area contributed by atoms with Gasteiger partial charge < -0.3 is 16.2 Å². The first-order chi connectivity index (χ1) is 7.92. The van der Waals surface area contributed by atoms with Gasteiger partial charge in [0.1, 0.15) is 5.75 Å². The first kappa shape index (κ1) is 14.0. The lowest BCUT2D eigenvalue weighted by atomic mass is 9.94. The zero-order valence-electron chi connectivity index (χ0n) is 11.1. The lowest BCUT2D eigenvalue weighted by Crippen LogP contribution is -2.32. The van der Waals surface area contributed by atoms with Crippen molar-refractivity contribution in [3.05, 3.63) is 29.8 Å². The highest BCUT2D eigenvalue weighted by atomic mass is 16.5. The van der Waals surface area contributed by atoms with E-state index in [1.807, 2.05) is 45.0 Å². The standard InChI is InChI=1S/C14H24N2O/c1-4-17-12-7-5-11(6-8-12)13(15)9-10-14(2,3)16/h5-8,13H,4,9-10,15-16H2,1-3H3. The number of hydrogen-bond acceptors (Lipinski definition) is 3. The Morgan fingerprint density at radius 1 is 1.24 bits per heavy atom. The molecule has 0 fully saturated rings. The van der Waals surface area contributed by atoms with E-state index in [1.165, 1.54) is 0 Å². The normalized spacial score (nSPS) is 13.5. The molecule has 3 nitrogen and oxygen atoms in total. The van der Waals surface area contributed by atoms with Crippen molar-refractivity contribution in [2.75, 3.05) is 6.61 Å². The molecule has 0 aliphatic rings. The summed E-state index contributed by atoms with van der Waals surface area (Å²) in [5, 5.41) is 0. The molecule has 0 bridgehead atoms. The molecule has 0 aliphatic carbocycles. The van der Waals surface area contributed by atoms with Gasteiger partial charge in [0.05, 0.1) is 6.61 Å². The summed E-state index contributed by atoms with van der Waals surface area (Å²) < 4.78 is 5.39. The van der Waals surface area contributed by atoms with Crippen LogP contribution in [0.15, 0.2) is 24.3 Å². The number of nitrogens with two attached hydrogens (primary N) is 2. The lowest BCUT2D eigenvalue weighted by Gasteiger charge is -2.21. The topological polar surface area (TPSA) is 61.3 Å². The lowest BCUT2D eigenvalue weighted by molar-refractivity contribution is 0.340. The van der Waals surface area contributed by atoms with Gasteiger partial charge in [0, 0.05) is 11.6 Å². The summed E-state index contributed by atoms with van der Waals surface area (Å²) in [7, 11) is 0. The predicted octanol–water partition coefficient (Wildman–Crippen LogP) is 2.60. The molecule has 0 saturated heterocycles. The smallest absolute Gasteiger partial charge is 0.119 e. The fourth-order valence-electron chi connectivity index (χ4n) is 1.67. The molecule has 1 unspecified atom stereocenters. The SMILES string of the molecule is CCOc1ccc(C(N)CCC(C)(C)N)cc1. The minimum atomic E-state index is -0.150. The maximum Gasteiger partial charge on any atom is 0.119 e. The average molecular weight is 236 g/mol. The van der Waals surface area contributed by atoms with Crippen molar-refractivity contribution < 1.29 is 4.74 Å². The Balaban J connectivity index is 2.54. The first-order valence-electron chi connectivity index (χ1n) is 6.19. The molecule has 17 heavy (non-hydrogen) atoms. The summed E-state index contributed by atoms with van der Waals surface area (Å²) in [4.78, 5) is 0.